The standard InChI is InChI=1S/C12H12N2O2S3/c1-2-9(10(15)16)18-11-13-14(12(17)19-11)8-6-4-3-5-7-8/h3-7,9H,2H2,1H3,(H,15,16). The van der Waals surface area contributed by atoms with Crippen molar-refractivity contribution in [3.05, 3.63) is 34.3 Å². The van der Waals surface area contributed by atoms with Crippen LogP contribution in [0.4, 0.5) is 0 Å². The molecule has 0 fully saturated rings. The minimum atomic E-state index is -0.820. The van der Waals surface area contributed by atoms with E-state index >= 15 is 0 Å². The molecule has 100 valence electrons. The summed E-state index contributed by atoms with van der Waals surface area (Å²) in [7, 11) is 0. The van der Waals surface area contributed by atoms with Crippen LogP contribution in [-0.4, -0.2) is 26.1 Å². The van der Waals surface area contributed by atoms with E-state index < -0.39 is 11.2 Å². The lowest BCUT2D eigenvalue weighted by Crippen LogP contribution is -2.14. The van der Waals surface area contributed by atoms with Gasteiger partial charge < -0.3 is 5.11 Å². The summed E-state index contributed by atoms with van der Waals surface area (Å²) >= 11 is 7.85. The second-order valence-electron chi connectivity index (χ2n) is 3.73. The summed E-state index contributed by atoms with van der Waals surface area (Å²) in [5.41, 5.74) is 0.888. The number of carboxylic acid groups (broad SMARTS) is 1. The van der Waals surface area contributed by atoms with Crippen LogP contribution in [0, 0.1) is 3.95 Å². The molecule has 0 aliphatic carbocycles. The van der Waals surface area contributed by atoms with Crippen LogP contribution in [0.1, 0.15) is 13.3 Å². The minimum absolute atomic E-state index is 0.482. The van der Waals surface area contributed by atoms with Gasteiger partial charge in [0.15, 0.2) is 8.29 Å². The zero-order valence-corrected chi connectivity index (χ0v) is 12.6. The van der Waals surface area contributed by atoms with Gasteiger partial charge in [-0.25, -0.2) is 4.68 Å². The van der Waals surface area contributed by atoms with Crippen molar-refractivity contribution in [3.8, 4) is 5.69 Å². The Morgan fingerprint density at radius 2 is 2.21 bits per heavy atom. The van der Waals surface area contributed by atoms with Gasteiger partial charge in [-0.1, -0.05) is 48.2 Å². The van der Waals surface area contributed by atoms with Crippen molar-refractivity contribution in [2.45, 2.75) is 22.9 Å². The third-order valence-corrected chi connectivity index (χ3v) is 5.09. The monoisotopic (exact) mass is 312 g/mol. The van der Waals surface area contributed by atoms with E-state index in [1.54, 1.807) is 4.68 Å². The van der Waals surface area contributed by atoms with Crippen molar-refractivity contribution in [1.82, 2.24) is 9.78 Å². The van der Waals surface area contributed by atoms with Crippen LogP contribution in [-0.2, 0) is 4.79 Å². The Morgan fingerprint density at radius 3 is 2.79 bits per heavy atom. The van der Waals surface area contributed by atoms with Crippen molar-refractivity contribution >= 4 is 41.3 Å². The molecule has 19 heavy (non-hydrogen) atoms. The van der Waals surface area contributed by atoms with Crippen LogP contribution in [0.5, 0.6) is 0 Å². The highest BCUT2D eigenvalue weighted by Crippen LogP contribution is 2.29. The molecule has 0 amide bonds. The number of para-hydroxylation sites is 1. The lowest BCUT2D eigenvalue weighted by molar-refractivity contribution is -0.136. The highest BCUT2D eigenvalue weighted by molar-refractivity contribution is 8.02. The van der Waals surface area contributed by atoms with E-state index in [0.29, 0.717) is 14.7 Å². The topological polar surface area (TPSA) is 55.1 Å². The van der Waals surface area contributed by atoms with Gasteiger partial charge in [0.05, 0.1) is 5.69 Å². The van der Waals surface area contributed by atoms with Gasteiger partial charge >= 0.3 is 5.97 Å². The second kappa shape index (κ2) is 6.31. The van der Waals surface area contributed by atoms with E-state index in [1.165, 1.54) is 23.1 Å². The van der Waals surface area contributed by atoms with E-state index in [-0.39, 0.29) is 0 Å². The first-order valence-electron chi connectivity index (χ1n) is 5.67. The molecule has 4 nitrogen and oxygen atoms in total. The third-order valence-electron chi connectivity index (χ3n) is 2.42. The Balaban J connectivity index is 2.27. The summed E-state index contributed by atoms with van der Waals surface area (Å²) in [6, 6.07) is 9.58. The van der Waals surface area contributed by atoms with E-state index in [2.05, 4.69) is 5.10 Å². The fraction of sp³-hybridized carbons (Fsp3) is 0.250. The fourth-order valence-corrected chi connectivity index (χ4v) is 3.93. The molecular weight excluding hydrogens is 300 g/mol. The van der Waals surface area contributed by atoms with Crippen LogP contribution >= 0.6 is 35.3 Å². The number of aliphatic carboxylic acids is 1. The summed E-state index contributed by atoms with van der Waals surface area (Å²) in [5, 5.41) is 13.0. The number of nitrogens with zero attached hydrogens (tertiary/aromatic N) is 2. The lowest BCUT2D eigenvalue weighted by atomic mass is 10.3. The minimum Gasteiger partial charge on any atom is -0.480 e. The predicted molar refractivity (Wildman–Crippen MR) is 79.8 cm³/mol. The first kappa shape index (κ1) is 14.2. The van der Waals surface area contributed by atoms with Gasteiger partial charge in [-0.05, 0) is 30.8 Å². The molecule has 1 heterocycles. The van der Waals surface area contributed by atoms with Gasteiger partial charge in [0.25, 0.3) is 0 Å². The van der Waals surface area contributed by atoms with Crippen LogP contribution in [0.3, 0.4) is 0 Å². The highest BCUT2D eigenvalue weighted by Gasteiger charge is 2.19. The molecule has 0 saturated carbocycles. The molecular formula is C12H12N2O2S3. The third kappa shape index (κ3) is 3.43. The number of aromatic nitrogens is 2. The molecule has 0 aliphatic heterocycles. The fourth-order valence-electron chi connectivity index (χ4n) is 1.47. The maximum Gasteiger partial charge on any atom is 0.317 e. The Morgan fingerprint density at radius 1 is 1.53 bits per heavy atom. The number of thioether (sulfide) groups is 1. The molecule has 0 aliphatic rings. The molecule has 1 atom stereocenters. The molecule has 1 N–H and O–H groups in total. The molecule has 0 bridgehead atoms. The molecule has 7 heteroatoms. The van der Waals surface area contributed by atoms with Gasteiger partial charge in [0, 0.05) is 0 Å². The van der Waals surface area contributed by atoms with Crippen LogP contribution in [0.15, 0.2) is 34.7 Å². The van der Waals surface area contributed by atoms with Crippen molar-refractivity contribution in [1.29, 1.82) is 0 Å². The Hall–Kier alpha value is -1.18. The number of hydrogen-bond acceptors (Lipinski definition) is 5. The molecule has 0 saturated heterocycles. The molecule has 1 aromatic carbocycles. The Bertz CT molecular complexity index is 621. The zero-order chi connectivity index (χ0) is 13.8. The maximum absolute atomic E-state index is 11.0. The number of carboxylic acids is 1. The second-order valence-corrected chi connectivity index (χ2v) is 6.81. The average Bonchev–Trinajstić information content (AvgIpc) is 2.77. The van der Waals surface area contributed by atoms with Crippen LogP contribution in [0.25, 0.3) is 5.69 Å². The summed E-state index contributed by atoms with van der Waals surface area (Å²) in [4.78, 5) is 11.0. The SMILES string of the molecule is CCC(Sc1nn(-c2ccccc2)c(=S)s1)C(=O)O. The van der Waals surface area contributed by atoms with E-state index in [9.17, 15) is 4.79 Å². The van der Waals surface area contributed by atoms with Crippen LogP contribution in [0.2, 0.25) is 0 Å². The molecule has 0 radical (unpaired) electrons. The zero-order valence-electron chi connectivity index (χ0n) is 10.1. The summed E-state index contributed by atoms with van der Waals surface area (Å²) in [6.07, 6.45) is 0.553. The smallest absolute Gasteiger partial charge is 0.317 e. The van der Waals surface area contributed by atoms with Crippen molar-refractivity contribution in [2.24, 2.45) is 0 Å². The molecule has 1 aromatic heterocycles. The summed E-state index contributed by atoms with van der Waals surface area (Å²) in [6.45, 7) is 1.85. The van der Waals surface area contributed by atoms with Gasteiger partial charge in [-0.3, -0.25) is 4.79 Å². The number of hydrogen-bond donors (Lipinski definition) is 1. The molecule has 2 aromatic rings. The normalized spacial score (nSPS) is 12.3. The first-order valence-corrected chi connectivity index (χ1v) is 7.77. The molecule has 0 spiro atoms. The maximum atomic E-state index is 11.0. The molecule has 1 unspecified atom stereocenters. The number of benzene rings is 1. The molecule has 2 rings (SSSR count). The van der Waals surface area contributed by atoms with E-state index in [4.69, 9.17) is 17.3 Å². The van der Waals surface area contributed by atoms with Gasteiger partial charge in [-0.2, -0.15) is 0 Å². The number of carbonyl (C=O) groups is 1. The van der Waals surface area contributed by atoms with Gasteiger partial charge in [0.1, 0.15) is 5.25 Å². The summed E-state index contributed by atoms with van der Waals surface area (Å²) < 4.78 is 2.97. The predicted octanol–water partition coefficient (Wildman–Crippen LogP) is 3.62. The quantitative estimate of drug-likeness (QED) is 0.675. The van der Waals surface area contributed by atoms with Crippen LogP contribution < -0.4 is 0 Å². The summed E-state index contributed by atoms with van der Waals surface area (Å²) in [5.74, 6) is -0.820. The number of rotatable bonds is 5. The van der Waals surface area contributed by atoms with Gasteiger partial charge in [0.2, 0.25) is 0 Å². The Kier molecular flexibility index (Phi) is 4.73. The van der Waals surface area contributed by atoms with Crippen molar-refractivity contribution < 1.29 is 9.90 Å². The van der Waals surface area contributed by atoms with Crippen molar-refractivity contribution in [2.75, 3.05) is 0 Å². The first-order chi connectivity index (χ1) is 9.11. The largest absolute Gasteiger partial charge is 0.480 e. The van der Waals surface area contributed by atoms with Gasteiger partial charge in [-0.15, -0.1) is 5.10 Å². The highest BCUT2D eigenvalue weighted by atomic mass is 32.2. The average molecular weight is 312 g/mol. The van der Waals surface area contributed by atoms with E-state index in [1.807, 2.05) is 37.3 Å². The lowest BCUT2D eigenvalue weighted by Gasteiger charge is -2.05. The van der Waals surface area contributed by atoms with E-state index in [0.717, 1.165) is 5.69 Å². The van der Waals surface area contributed by atoms with Crippen molar-refractivity contribution in [3.63, 3.8) is 0 Å². The Labute approximate surface area is 124 Å².